The van der Waals surface area contributed by atoms with Gasteiger partial charge in [-0.1, -0.05) is 0 Å². The molecule has 0 heterocycles. The van der Waals surface area contributed by atoms with Gasteiger partial charge in [0, 0.05) is 0 Å². The first-order valence-corrected chi connectivity index (χ1v) is 1.68. The molecule has 0 fully saturated rings. The third-order valence-corrected chi connectivity index (χ3v) is 0. The van der Waals surface area contributed by atoms with Crippen LogP contribution < -0.4 is 4.20 Å². The molecule has 0 aromatic heterocycles. The van der Waals surface area contributed by atoms with Gasteiger partial charge < -0.3 is 4.20 Å². The second kappa shape index (κ2) is 9.11. The van der Waals surface area contributed by atoms with Crippen molar-refractivity contribution in [1.29, 1.82) is 0 Å². The Morgan fingerprint density at radius 1 is 1.75 bits per heavy atom. The van der Waals surface area contributed by atoms with Gasteiger partial charge in [-0.05, 0) is 0 Å². The molecule has 0 aliphatic carbocycles. The summed E-state index contributed by atoms with van der Waals surface area (Å²) in [5.41, 5.74) is 0. The molecule has 0 saturated heterocycles. The highest BCUT2D eigenvalue weighted by molar-refractivity contribution is 8.93. The van der Waals surface area contributed by atoms with Gasteiger partial charge in [0.2, 0.25) is 0 Å². The van der Waals surface area contributed by atoms with E-state index < -0.39 is 15.5 Å². The SMILES string of the molecule is Br.[O-][Br+]O. The summed E-state index contributed by atoms with van der Waals surface area (Å²) in [6.45, 7) is 0. The lowest BCUT2D eigenvalue weighted by molar-refractivity contribution is -1.27. The maximum absolute atomic E-state index is 8.52. The average molecular weight is 194 g/mol. The Balaban J connectivity index is 0. The van der Waals surface area contributed by atoms with E-state index >= 15 is 0 Å². The van der Waals surface area contributed by atoms with Gasteiger partial charge in [0.25, 0.3) is 0 Å². The molecule has 0 aliphatic heterocycles. The molecule has 0 aromatic rings. The summed E-state index contributed by atoms with van der Waals surface area (Å²) in [5.74, 6) is 0. The zero-order valence-electron chi connectivity index (χ0n) is 1.64. The van der Waals surface area contributed by atoms with Crippen LogP contribution in [0.3, 0.4) is 0 Å². The summed E-state index contributed by atoms with van der Waals surface area (Å²) < 4.78 is 15.6. The Morgan fingerprint density at radius 3 is 1.75 bits per heavy atom. The topological polar surface area (TPSA) is 43.3 Å². The third-order valence-electron chi connectivity index (χ3n) is 0. The van der Waals surface area contributed by atoms with Crippen molar-refractivity contribution >= 4 is 17.0 Å². The minimum atomic E-state index is -1.19. The highest BCUT2D eigenvalue weighted by Crippen LogP contribution is 1.13. The van der Waals surface area contributed by atoms with Gasteiger partial charge in [-0.15, -0.1) is 17.0 Å². The zero-order chi connectivity index (χ0) is 2.71. The molecule has 0 radical (unpaired) electrons. The number of hydrogen-bond donors (Lipinski definition) is 1. The van der Waals surface area contributed by atoms with Crippen molar-refractivity contribution in [2.24, 2.45) is 0 Å². The highest BCUT2D eigenvalue weighted by Gasteiger charge is 1.51. The standard InChI is InChI=1S/BrHO2.BrH/c2-1-3;/h2H;1H. The van der Waals surface area contributed by atoms with Crippen molar-refractivity contribution in [3.8, 4) is 0 Å². The van der Waals surface area contributed by atoms with Crippen molar-refractivity contribution in [3.63, 3.8) is 0 Å². The molecule has 1 N–H and O–H groups in total. The van der Waals surface area contributed by atoms with Crippen LogP contribution in [0, 0.1) is 15.5 Å². The average Bonchev–Trinajstić information content (AvgIpc) is 0.918. The van der Waals surface area contributed by atoms with E-state index in [1.165, 1.54) is 0 Å². The van der Waals surface area contributed by atoms with Crippen LogP contribution in [0.1, 0.15) is 0 Å². The molecule has 4 heteroatoms. The van der Waals surface area contributed by atoms with Gasteiger partial charge in [0.1, 0.15) is 0 Å². The van der Waals surface area contributed by atoms with Crippen LogP contribution in [0.4, 0.5) is 0 Å². The van der Waals surface area contributed by atoms with Crippen molar-refractivity contribution in [2.75, 3.05) is 0 Å². The van der Waals surface area contributed by atoms with Crippen molar-refractivity contribution in [3.05, 3.63) is 0 Å². The second-order valence-electron chi connectivity index (χ2n) is 0.0690. The monoisotopic (exact) mass is 192 g/mol. The summed E-state index contributed by atoms with van der Waals surface area (Å²) in [7, 11) is 0. The molecular formula is H2Br2O2. The number of halogens is 2. The summed E-state index contributed by atoms with van der Waals surface area (Å²) in [5, 5.41) is 0. The van der Waals surface area contributed by atoms with Gasteiger partial charge in [0.15, 0.2) is 0 Å². The van der Waals surface area contributed by atoms with E-state index in [2.05, 4.69) is 0 Å². The summed E-state index contributed by atoms with van der Waals surface area (Å²) in [6, 6.07) is 0. The highest BCUT2D eigenvalue weighted by atomic mass is 79.9. The van der Waals surface area contributed by atoms with Crippen molar-refractivity contribution in [1.82, 2.24) is 0 Å². The van der Waals surface area contributed by atoms with E-state index in [1.807, 2.05) is 0 Å². The fourth-order valence-corrected chi connectivity index (χ4v) is 0. The van der Waals surface area contributed by atoms with Crippen LogP contribution in [0.5, 0.6) is 0 Å². The third kappa shape index (κ3) is 13.1. The van der Waals surface area contributed by atoms with Gasteiger partial charge in [-0.3, -0.25) is 0 Å². The maximum Gasteiger partial charge on any atom is 0.417 e. The van der Waals surface area contributed by atoms with Gasteiger partial charge in [-0.25, -0.2) is 0 Å². The lowest BCUT2D eigenvalue weighted by Crippen LogP contribution is -1.94. The van der Waals surface area contributed by atoms with Crippen LogP contribution in [0.2, 0.25) is 0 Å². The molecule has 0 unspecified atom stereocenters. The van der Waals surface area contributed by atoms with Crippen LogP contribution in [0.15, 0.2) is 0 Å². The molecule has 28 valence electrons. The van der Waals surface area contributed by atoms with E-state index in [-0.39, 0.29) is 17.0 Å². The Hall–Kier alpha value is 0.880. The van der Waals surface area contributed by atoms with Crippen LogP contribution in [-0.4, -0.2) is 4.20 Å². The van der Waals surface area contributed by atoms with E-state index in [1.54, 1.807) is 0 Å². The summed E-state index contributed by atoms with van der Waals surface area (Å²) in [4.78, 5) is 0. The Bertz CT molecular complexity index is 4.00. The molecular weight excluding hydrogens is 192 g/mol. The van der Waals surface area contributed by atoms with E-state index in [0.717, 1.165) is 0 Å². The number of hydrogen-bond acceptors (Lipinski definition) is 2. The first-order chi connectivity index (χ1) is 1.41. The molecule has 0 atom stereocenters. The minimum absolute atomic E-state index is 0. The van der Waals surface area contributed by atoms with Gasteiger partial charge in [0.05, 0.1) is 0 Å². The smallest absolute Gasteiger partial charge is 0.417 e. The zero-order valence-corrected chi connectivity index (χ0v) is 4.94. The van der Waals surface area contributed by atoms with Crippen molar-refractivity contribution in [2.45, 2.75) is 0 Å². The van der Waals surface area contributed by atoms with Gasteiger partial charge in [-0.2, -0.15) is 4.20 Å². The second-order valence-corrected chi connectivity index (χ2v) is 0.359. The summed E-state index contributed by atoms with van der Waals surface area (Å²) >= 11 is -1.19. The minimum Gasteiger partial charge on any atom is -0.551 e. The number of rotatable bonds is 0. The fraction of sp³-hybridized carbons (Fsp3) is 0. The largest absolute Gasteiger partial charge is 0.551 e. The molecule has 0 spiro atoms. The first kappa shape index (κ1) is 8.86. The van der Waals surface area contributed by atoms with Gasteiger partial charge >= 0.3 is 15.5 Å². The Labute approximate surface area is 41.4 Å². The van der Waals surface area contributed by atoms with E-state index in [9.17, 15) is 0 Å². The fourth-order valence-electron chi connectivity index (χ4n) is 0. The van der Waals surface area contributed by atoms with Crippen LogP contribution in [-0.2, 0) is 0 Å². The maximum atomic E-state index is 8.52. The first-order valence-electron chi connectivity index (χ1n) is 0.323. The van der Waals surface area contributed by atoms with E-state index in [4.69, 9.17) is 8.40 Å². The molecule has 2 nitrogen and oxygen atoms in total. The molecule has 4 heavy (non-hydrogen) atoms. The predicted octanol–water partition coefficient (Wildman–Crippen LogP) is -1.17. The normalized spacial score (nSPS) is 4.50. The van der Waals surface area contributed by atoms with E-state index in [0.29, 0.717) is 0 Å². The lowest BCUT2D eigenvalue weighted by Gasteiger charge is -1.45. The molecule has 0 amide bonds. The molecule has 0 aromatic carbocycles. The quantitative estimate of drug-likeness (QED) is 0.527. The molecule has 0 saturated carbocycles. The predicted molar refractivity (Wildman–Crippen MR) is 12.5 cm³/mol. The summed E-state index contributed by atoms with van der Waals surface area (Å²) in [6.07, 6.45) is 0. The molecule has 0 bridgehead atoms. The Morgan fingerprint density at radius 2 is 1.75 bits per heavy atom. The lowest BCUT2D eigenvalue weighted by atomic mass is 16.0. The van der Waals surface area contributed by atoms with Crippen LogP contribution in [0.25, 0.3) is 0 Å². The molecule has 0 aliphatic rings. The van der Waals surface area contributed by atoms with Crippen LogP contribution >= 0.6 is 17.0 Å². The molecule has 0 rings (SSSR count). The Kier molecular flexibility index (Phi) is 20.2. The van der Waals surface area contributed by atoms with Crippen molar-refractivity contribution < 1.29 is 23.9 Å².